The van der Waals surface area contributed by atoms with Gasteiger partial charge in [-0.1, -0.05) is 11.6 Å². The monoisotopic (exact) mass is 189 g/mol. The smallest absolute Gasteiger partial charge is 0.151 e. The predicted molar refractivity (Wildman–Crippen MR) is 44.2 cm³/mol. The van der Waals surface area contributed by atoms with Crippen molar-refractivity contribution in [3.8, 4) is 0 Å². The van der Waals surface area contributed by atoms with Gasteiger partial charge in [0.05, 0.1) is 11.6 Å². The van der Waals surface area contributed by atoms with Gasteiger partial charge < -0.3 is 0 Å². The Labute approximate surface area is 74.1 Å². The summed E-state index contributed by atoms with van der Waals surface area (Å²) in [5.74, 6) is 0.203. The molecule has 0 radical (unpaired) electrons. The number of carbonyl (C=O) groups excluding carboxylic acids is 1. The van der Waals surface area contributed by atoms with Gasteiger partial charge in [-0.2, -0.15) is 0 Å². The Balaban J connectivity index is 3.16. The van der Waals surface area contributed by atoms with Crippen LogP contribution in [0.1, 0.15) is 16.1 Å². The molecule has 4 heteroatoms. The molecule has 2 nitrogen and oxygen atoms in total. The molecule has 0 atom stereocenters. The lowest BCUT2D eigenvalue weighted by Gasteiger charge is -1.98. The molecule has 0 aliphatic heterocycles. The zero-order valence-electron chi connectivity index (χ0n) is 5.55. The number of rotatable bonds is 2. The van der Waals surface area contributed by atoms with E-state index in [1.165, 1.54) is 0 Å². The molecule has 0 saturated heterocycles. The minimum Gasteiger partial charge on any atom is -0.298 e. The third kappa shape index (κ3) is 1.91. The molecule has 0 fully saturated rings. The first-order chi connectivity index (χ1) is 5.27. The highest BCUT2D eigenvalue weighted by atomic mass is 35.5. The normalized spacial score (nSPS) is 9.64. The average molecular weight is 190 g/mol. The second kappa shape index (κ2) is 3.69. The Kier molecular flexibility index (Phi) is 2.85. The molecule has 1 heterocycles. The highest BCUT2D eigenvalue weighted by Gasteiger charge is 2.01. The number of hydrogen-bond donors (Lipinski definition) is 0. The lowest BCUT2D eigenvalue weighted by Crippen LogP contribution is -1.93. The standard InChI is InChI=1S/C7H5Cl2NO/c8-3-6-5(4-11)1-2-7(9)10-6/h1-2,4H,3H2. The van der Waals surface area contributed by atoms with Gasteiger partial charge >= 0.3 is 0 Å². The molecule has 58 valence electrons. The Hall–Kier alpha value is -0.600. The number of aromatic nitrogens is 1. The van der Waals surface area contributed by atoms with Gasteiger partial charge in [-0.05, 0) is 12.1 Å². The van der Waals surface area contributed by atoms with E-state index in [0.717, 1.165) is 0 Å². The van der Waals surface area contributed by atoms with Gasteiger partial charge in [-0.15, -0.1) is 11.6 Å². The summed E-state index contributed by atoms with van der Waals surface area (Å²) in [6.07, 6.45) is 0.709. The van der Waals surface area contributed by atoms with Crippen LogP contribution < -0.4 is 0 Å². The number of hydrogen-bond acceptors (Lipinski definition) is 2. The van der Waals surface area contributed by atoms with Crippen LogP contribution in [0.15, 0.2) is 12.1 Å². The van der Waals surface area contributed by atoms with Crippen LogP contribution in [0.2, 0.25) is 5.15 Å². The number of pyridine rings is 1. The van der Waals surface area contributed by atoms with E-state index >= 15 is 0 Å². The molecule has 0 saturated carbocycles. The van der Waals surface area contributed by atoms with Gasteiger partial charge in [0, 0.05) is 5.56 Å². The van der Waals surface area contributed by atoms with E-state index in [2.05, 4.69) is 4.98 Å². The molecule has 0 aliphatic carbocycles. The maximum absolute atomic E-state index is 10.4. The highest BCUT2D eigenvalue weighted by Crippen LogP contribution is 2.11. The minimum atomic E-state index is 0.203. The Morgan fingerprint density at radius 1 is 1.55 bits per heavy atom. The molecule has 0 unspecified atom stereocenters. The van der Waals surface area contributed by atoms with Gasteiger partial charge in [-0.25, -0.2) is 4.98 Å². The molecular formula is C7H5Cl2NO. The van der Waals surface area contributed by atoms with Crippen LogP contribution in [0.25, 0.3) is 0 Å². The maximum atomic E-state index is 10.4. The topological polar surface area (TPSA) is 30.0 Å². The molecule has 0 amide bonds. The van der Waals surface area contributed by atoms with Crippen molar-refractivity contribution >= 4 is 29.5 Å². The fourth-order valence-electron chi connectivity index (χ4n) is 0.700. The number of carbonyl (C=O) groups is 1. The van der Waals surface area contributed by atoms with Crippen molar-refractivity contribution in [3.05, 3.63) is 28.5 Å². The van der Waals surface area contributed by atoms with Crippen molar-refractivity contribution in [1.82, 2.24) is 4.98 Å². The summed E-state index contributed by atoms with van der Waals surface area (Å²) in [5.41, 5.74) is 1.01. The highest BCUT2D eigenvalue weighted by molar-refractivity contribution is 6.29. The molecular weight excluding hydrogens is 185 g/mol. The van der Waals surface area contributed by atoms with Crippen molar-refractivity contribution in [1.29, 1.82) is 0 Å². The van der Waals surface area contributed by atoms with E-state index in [1.54, 1.807) is 12.1 Å². The minimum absolute atomic E-state index is 0.203. The lowest BCUT2D eigenvalue weighted by molar-refractivity contribution is 0.112. The fraction of sp³-hybridized carbons (Fsp3) is 0.143. The summed E-state index contributed by atoms with van der Waals surface area (Å²) >= 11 is 11.1. The number of aldehydes is 1. The van der Waals surface area contributed by atoms with Gasteiger partial charge in [-0.3, -0.25) is 4.79 Å². The van der Waals surface area contributed by atoms with Crippen molar-refractivity contribution < 1.29 is 4.79 Å². The van der Waals surface area contributed by atoms with Crippen molar-refractivity contribution in [2.45, 2.75) is 5.88 Å². The number of nitrogens with zero attached hydrogens (tertiary/aromatic N) is 1. The average Bonchev–Trinajstić information content (AvgIpc) is 2.04. The SMILES string of the molecule is O=Cc1ccc(Cl)nc1CCl. The van der Waals surface area contributed by atoms with E-state index in [1.807, 2.05) is 0 Å². The van der Waals surface area contributed by atoms with Gasteiger partial charge in [0.1, 0.15) is 5.15 Å². The molecule has 1 rings (SSSR count). The Bertz CT molecular complexity index is 275. The van der Waals surface area contributed by atoms with Crippen LogP contribution in [0, 0.1) is 0 Å². The third-order valence-electron chi connectivity index (χ3n) is 1.23. The van der Waals surface area contributed by atoms with Gasteiger partial charge in [0.25, 0.3) is 0 Å². The molecule has 0 aliphatic rings. The lowest BCUT2D eigenvalue weighted by atomic mass is 10.2. The van der Waals surface area contributed by atoms with Crippen molar-refractivity contribution in [3.63, 3.8) is 0 Å². The second-order valence-electron chi connectivity index (χ2n) is 1.92. The second-order valence-corrected chi connectivity index (χ2v) is 2.58. The molecule has 1 aromatic heterocycles. The van der Waals surface area contributed by atoms with E-state index in [4.69, 9.17) is 23.2 Å². The van der Waals surface area contributed by atoms with Crippen molar-refractivity contribution in [2.24, 2.45) is 0 Å². The summed E-state index contributed by atoms with van der Waals surface area (Å²) in [4.78, 5) is 14.2. The Morgan fingerprint density at radius 2 is 2.27 bits per heavy atom. The quantitative estimate of drug-likeness (QED) is 0.406. The maximum Gasteiger partial charge on any atom is 0.151 e. The van der Waals surface area contributed by atoms with E-state index in [9.17, 15) is 4.79 Å². The first-order valence-corrected chi connectivity index (χ1v) is 3.85. The molecule has 0 aromatic carbocycles. The molecule has 0 bridgehead atoms. The molecule has 0 N–H and O–H groups in total. The predicted octanol–water partition coefficient (Wildman–Crippen LogP) is 2.29. The number of alkyl halides is 1. The zero-order valence-corrected chi connectivity index (χ0v) is 7.06. The van der Waals surface area contributed by atoms with Crippen LogP contribution in [0.4, 0.5) is 0 Å². The summed E-state index contributed by atoms with van der Waals surface area (Å²) in [5, 5.41) is 0.353. The van der Waals surface area contributed by atoms with Gasteiger partial charge in [0.2, 0.25) is 0 Å². The van der Waals surface area contributed by atoms with Crippen LogP contribution in [-0.2, 0) is 5.88 Å². The summed E-state index contributed by atoms with van der Waals surface area (Å²) in [6, 6.07) is 3.15. The fourth-order valence-corrected chi connectivity index (χ4v) is 1.08. The first-order valence-electron chi connectivity index (χ1n) is 2.94. The molecule has 1 aromatic rings. The van der Waals surface area contributed by atoms with E-state index in [0.29, 0.717) is 22.7 Å². The summed E-state index contributed by atoms with van der Waals surface area (Å²) < 4.78 is 0. The van der Waals surface area contributed by atoms with Gasteiger partial charge in [0.15, 0.2) is 6.29 Å². The largest absolute Gasteiger partial charge is 0.298 e. The van der Waals surface area contributed by atoms with E-state index < -0.39 is 0 Å². The van der Waals surface area contributed by atoms with E-state index in [-0.39, 0.29) is 5.88 Å². The number of halogens is 2. The third-order valence-corrected chi connectivity index (χ3v) is 1.69. The van der Waals surface area contributed by atoms with Crippen LogP contribution in [0.3, 0.4) is 0 Å². The Morgan fingerprint density at radius 3 is 2.82 bits per heavy atom. The molecule has 11 heavy (non-hydrogen) atoms. The van der Waals surface area contributed by atoms with Crippen LogP contribution >= 0.6 is 23.2 Å². The van der Waals surface area contributed by atoms with Crippen molar-refractivity contribution in [2.75, 3.05) is 0 Å². The zero-order chi connectivity index (χ0) is 8.27. The summed E-state index contributed by atoms with van der Waals surface area (Å²) in [6.45, 7) is 0. The van der Waals surface area contributed by atoms with Crippen LogP contribution in [-0.4, -0.2) is 11.3 Å². The molecule has 0 spiro atoms. The van der Waals surface area contributed by atoms with Crippen LogP contribution in [0.5, 0.6) is 0 Å². The first kappa shape index (κ1) is 8.50. The summed E-state index contributed by atoms with van der Waals surface area (Å²) in [7, 11) is 0.